The summed E-state index contributed by atoms with van der Waals surface area (Å²) < 4.78 is 62.5. The second-order valence-electron chi connectivity index (χ2n) is 10.1. The molecule has 0 bridgehead atoms. The number of aliphatic hydroxyl groups excluding tert-OH is 1. The molecule has 38 heavy (non-hydrogen) atoms. The smallest absolute Gasteiger partial charge is 0.348 e. The molecular weight excluding hydrogens is 558 g/mol. The molecule has 0 fully saturated rings. The van der Waals surface area contributed by atoms with E-state index in [4.69, 9.17) is 16.1 Å². The molecule has 1 amide bonds. The first-order valence-corrected chi connectivity index (χ1v) is 15.2. The fourth-order valence-corrected chi connectivity index (χ4v) is 6.79. The van der Waals surface area contributed by atoms with Gasteiger partial charge in [0.2, 0.25) is 10.0 Å². The van der Waals surface area contributed by atoms with Crippen LogP contribution in [0.1, 0.15) is 26.3 Å². The van der Waals surface area contributed by atoms with Crippen LogP contribution in [0.3, 0.4) is 0 Å². The average molecular weight is 585 g/mol. The Labute approximate surface area is 225 Å². The Kier molecular flexibility index (Phi) is 7.15. The van der Waals surface area contributed by atoms with Gasteiger partial charge in [0.05, 0.1) is 28.3 Å². The van der Waals surface area contributed by atoms with Crippen molar-refractivity contribution >= 4 is 57.6 Å². The van der Waals surface area contributed by atoms with Crippen molar-refractivity contribution < 1.29 is 31.8 Å². The second kappa shape index (κ2) is 9.68. The second-order valence-corrected chi connectivity index (χ2v) is 14.3. The molecule has 0 saturated carbocycles. The molecule has 0 aliphatic carbocycles. The van der Waals surface area contributed by atoms with E-state index in [-0.39, 0.29) is 45.4 Å². The van der Waals surface area contributed by atoms with Crippen molar-refractivity contribution in [3.8, 4) is 0 Å². The van der Waals surface area contributed by atoms with Crippen LogP contribution in [0.2, 0.25) is 5.02 Å². The number of anilines is 2. The first-order valence-electron chi connectivity index (χ1n) is 11.4. The number of rotatable bonds is 6. The van der Waals surface area contributed by atoms with Crippen molar-refractivity contribution in [2.24, 2.45) is 10.2 Å². The molecule has 2 unspecified atom stereocenters. The van der Waals surface area contributed by atoms with Gasteiger partial charge in [-0.25, -0.2) is 12.8 Å². The quantitative estimate of drug-likeness (QED) is 0.428. The number of nitrogens with one attached hydrogen (secondary N) is 2. The number of hydrogen-bond donors (Lipinski definition) is 3. The SMILES string of the molecule is COP1(=O)N=C(C2=C(O)C(C(C)(C)C)N(Cc3ccc(F)c(Cl)c3)C2=O)Nc2ccc(NS(C)(=O)=O)cc21. The zero-order valence-corrected chi connectivity index (χ0v) is 23.7. The van der Waals surface area contributed by atoms with E-state index in [1.165, 1.54) is 48.4 Å². The van der Waals surface area contributed by atoms with Crippen molar-refractivity contribution in [1.82, 2.24) is 4.90 Å². The molecule has 2 aromatic rings. The van der Waals surface area contributed by atoms with Crippen LogP contribution in [0.4, 0.5) is 15.8 Å². The average Bonchev–Trinajstić information content (AvgIpc) is 3.05. The van der Waals surface area contributed by atoms with Gasteiger partial charge in [-0.2, -0.15) is 4.76 Å². The molecule has 2 aliphatic heterocycles. The first kappa shape index (κ1) is 28.1. The number of carbonyl (C=O) groups excluding carboxylic acids is 1. The highest BCUT2D eigenvalue weighted by Crippen LogP contribution is 2.52. The van der Waals surface area contributed by atoms with Gasteiger partial charge in [-0.15, -0.1) is 0 Å². The highest BCUT2D eigenvalue weighted by atomic mass is 35.5. The van der Waals surface area contributed by atoms with Crippen LogP contribution in [0.5, 0.6) is 0 Å². The topological polar surface area (TPSA) is 137 Å². The van der Waals surface area contributed by atoms with Crippen LogP contribution < -0.4 is 15.3 Å². The number of aliphatic hydroxyl groups is 1. The minimum absolute atomic E-state index is 0.0145. The van der Waals surface area contributed by atoms with Crippen LogP contribution >= 0.6 is 19.1 Å². The van der Waals surface area contributed by atoms with Gasteiger partial charge < -0.3 is 19.8 Å². The van der Waals surface area contributed by atoms with Crippen molar-refractivity contribution in [3.63, 3.8) is 0 Å². The number of nitrogens with zero attached hydrogens (tertiary/aromatic N) is 2. The van der Waals surface area contributed by atoms with Crippen LogP contribution in [-0.4, -0.2) is 49.6 Å². The standard InChI is InChI=1S/C24H27ClFN4O6PS/c1-24(2,3)21-20(31)19(23(32)30(21)12-13-6-8-16(26)15(25)10-13)22-27-17-9-7-14(29-38(5,34)35)11-18(17)37(33,28-22)36-4/h6-11,21,29,31H,12H2,1-5H3,(H,27,28,33). The number of carbonyl (C=O) groups is 1. The molecule has 3 N–H and O–H groups in total. The number of fused-ring (bicyclic) bond motifs is 1. The Bertz CT molecular complexity index is 1550. The van der Waals surface area contributed by atoms with Crippen LogP contribution in [-0.2, 0) is 30.5 Å². The number of halogens is 2. The minimum atomic E-state index is -3.98. The summed E-state index contributed by atoms with van der Waals surface area (Å²) in [6.07, 6.45) is 0.981. The normalized spacial score (nSPS) is 21.8. The fourth-order valence-electron chi connectivity index (χ4n) is 4.49. The van der Waals surface area contributed by atoms with Gasteiger partial charge in [0.1, 0.15) is 17.1 Å². The van der Waals surface area contributed by atoms with Gasteiger partial charge >= 0.3 is 7.52 Å². The summed E-state index contributed by atoms with van der Waals surface area (Å²) in [5.74, 6) is -1.61. The van der Waals surface area contributed by atoms with Crippen molar-refractivity contribution in [2.75, 3.05) is 23.4 Å². The van der Waals surface area contributed by atoms with Gasteiger partial charge in [0, 0.05) is 19.3 Å². The van der Waals surface area contributed by atoms with Crippen LogP contribution in [0.15, 0.2) is 52.5 Å². The largest absolute Gasteiger partial charge is 0.509 e. The molecule has 2 atom stereocenters. The Hall–Kier alpha value is -2.92. The van der Waals surface area contributed by atoms with E-state index in [0.29, 0.717) is 5.56 Å². The Morgan fingerprint density at radius 3 is 2.53 bits per heavy atom. The molecular formula is C24H27ClFN4O6PS. The molecule has 2 aliphatic rings. The summed E-state index contributed by atoms with van der Waals surface area (Å²) in [4.78, 5) is 15.1. The Morgan fingerprint density at radius 1 is 1.26 bits per heavy atom. The molecule has 0 saturated heterocycles. The number of sulfonamides is 1. The highest BCUT2D eigenvalue weighted by molar-refractivity contribution is 7.92. The van der Waals surface area contributed by atoms with Crippen molar-refractivity contribution in [1.29, 1.82) is 0 Å². The first-order chi connectivity index (χ1) is 17.5. The molecule has 0 aromatic heterocycles. The number of amidine groups is 1. The molecule has 0 spiro atoms. The van der Waals surface area contributed by atoms with E-state index < -0.39 is 40.7 Å². The van der Waals surface area contributed by atoms with E-state index in [1.54, 1.807) is 0 Å². The Morgan fingerprint density at radius 2 is 1.95 bits per heavy atom. The van der Waals surface area contributed by atoms with E-state index in [1.807, 2.05) is 20.8 Å². The predicted molar refractivity (Wildman–Crippen MR) is 145 cm³/mol. The lowest BCUT2D eigenvalue weighted by molar-refractivity contribution is -0.129. The molecule has 10 nitrogen and oxygen atoms in total. The van der Waals surface area contributed by atoms with Gasteiger partial charge in [0.25, 0.3) is 5.91 Å². The molecule has 14 heteroatoms. The monoisotopic (exact) mass is 584 g/mol. The summed E-state index contributed by atoms with van der Waals surface area (Å²) in [6, 6.07) is 7.57. The summed E-state index contributed by atoms with van der Waals surface area (Å²) in [6.45, 7) is 5.55. The lowest BCUT2D eigenvalue weighted by Crippen LogP contribution is -2.43. The van der Waals surface area contributed by atoms with E-state index in [0.717, 1.165) is 6.26 Å². The van der Waals surface area contributed by atoms with Crippen LogP contribution in [0.25, 0.3) is 0 Å². The van der Waals surface area contributed by atoms with Gasteiger partial charge in [-0.1, -0.05) is 38.4 Å². The lowest BCUT2D eigenvalue weighted by Gasteiger charge is -2.35. The minimum Gasteiger partial charge on any atom is -0.509 e. The third kappa shape index (κ3) is 5.31. The summed E-state index contributed by atoms with van der Waals surface area (Å²) in [5.41, 5.74) is 0.156. The van der Waals surface area contributed by atoms with E-state index >= 15 is 0 Å². The van der Waals surface area contributed by atoms with Crippen LogP contribution in [0, 0.1) is 11.2 Å². The molecule has 4 rings (SSSR count). The van der Waals surface area contributed by atoms with E-state index in [2.05, 4.69) is 14.8 Å². The van der Waals surface area contributed by atoms with Gasteiger partial charge in [-0.05, 0) is 41.3 Å². The maximum absolute atomic E-state index is 13.7. The third-order valence-corrected chi connectivity index (χ3v) is 8.87. The summed E-state index contributed by atoms with van der Waals surface area (Å²) in [7, 11) is -6.40. The fraction of sp³-hybridized carbons (Fsp3) is 0.333. The zero-order chi connectivity index (χ0) is 28.2. The molecule has 0 radical (unpaired) electrons. The van der Waals surface area contributed by atoms with E-state index in [9.17, 15) is 27.3 Å². The molecule has 2 heterocycles. The van der Waals surface area contributed by atoms with Gasteiger partial charge in [0.15, 0.2) is 5.84 Å². The Balaban J connectivity index is 1.77. The zero-order valence-electron chi connectivity index (χ0n) is 21.2. The number of benzene rings is 2. The summed E-state index contributed by atoms with van der Waals surface area (Å²) in [5, 5.41) is 14.2. The maximum atomic E-state index is 13.7. The highest BCUT2D eigenvalue weighted by Gasteiger charge is 2.48. The molecule has 2 aromatic carbocycles. The molecule has 204 valence electrons. The maximum Gasteiger partial charge on any atom is 0.348 e. The van der Waals surface area contributed by atoms with Gasteiger partial charge in [-0.3, -0.25) is 14.1 Å². The summed E-state index contributed by atoms with van der Waals surface area (Å²) >= 11 is 5.93. The van der Waals surface area contributed by atoms with Crippen molar-refractivity contribution in [2.45, 2.75) is 33.4 Å². The van der Waals surface area contributed by atoms with Crippen molar-refractivity contribution in [3.05, 3.63) is 64.1 Å². The predicted octanol–water partition coefficient (Wildman–Crippen LogP) is 4.41. The number of hydrogen-bond acceptors (Lipinski definition) is 7. The third-order valence-electron chi connectivity index (χ3n) is 6.03. The number of amides is 1. The lowest BCUT2D eigenvalue weighted by atomic mass is 9.85.